The molecule has 4 aromatic rings. The van der Waals surface area contributed by atoms with Crippen LogP contribution < -0.4 is 10.9 Å². The van der Waals surface area contributed by atoms with E-state index in [1.54, 1.807) is 54.6 Å². The average molecular weight is 469 g/mol. The molecular formula is C27H23N3O5. The Morgan fingerprint density at radius 1 is 0.886 bits per heavy atom. The monoisotopic (exact) mass is 469 g/mol. The van der Waals surface area contributed by atoms with Crippen LogP contribution in [0.5, 0.6) is 0 Å². The van der Waals surface area contributed by atoms with Crippen LogP contribution in [0.1, 0.15) is 23.0 Å². The number of hydrogen-bond donors (Lipinski definition) is 1. The standard InChI is InChI=1S/C27H23N3O5/c1-18(31)23(16-19-10-4-2-5-11-19)28-24(32)17-35-27(34)25-21-14-8-9-15-22(21)26(33)30(29-25)20-12-6-3-7-13-20/h2-15,23H,16-17H2,1H3,(H,28,32)/t23-/m1/s1. The van der Waals surface area contributed by atoms with Crippen molar-refractivity contribution in [1.82, 2.24) is 15.1 Å². The number of ketones is 1. The average Bonchev–Trinajstić information content (AvgIpc) is 2.88. The minimum absolute atomic E-state index is 0.0933. The van der Waals surface area contributed by atoms with Gasteiger partial charge >= 0.3 is 5.97 Å². The van der Waals surface area contributed by atoms with E-state index < -0.39 is 24.5 Å². The summed E-state index contributed by atoms with van der Waals surface area (Å²) in [5.74, 6) is -1.69. The van der Waals surface area contributed by atoms with Gasteiger partial charge in [-0.15, -0.1) is 0 Å². The molecule has 0 aliphatic rings. The fraction of sp³-hybridized carbons (Fsp3) is 0.148. The van der Waals surface area contributed by atoms with E-state index in [2.05, 4.69) is 10.4 Å². The van der Waals surface area contributed by atoms with Gasteiger partial charge in [-0.1, -0.05) is 66.7 Å². The number of esters is 1. The highest BCUT2D eigenvalue weighted by atomic mass is 16.5. The molecule has 0 spiro atoms. The number of fused-ring (bicyclic) bond motifs is 1. The highest BCUT2D eigenvalue weighted by Gasteiger charge is 2.22. The van der Waals surface area contributed by atoms with Crippen molar-refractivity contribution in [2.75, 3.05) is 6.61 Å². The number of hydrogen-bond acceptors (Lipinski definition) is 6. The predicted octanol–water partition coefficient (Wildman–Crippen LogP) is 2.86. The van der Waals surface area contributed by atoms with Gasteiger partial charge in [-0.25, -0.2) is 4.79 Å². The SMILES string of the molecule is CC(=O)[C@@H](Cc1ccccc1)NC(=O)COC(=O)c1nn(-c2ccccc2)c(=O)c2ccccc12. The molecule has 0 aliphatic heterocycles. The zero-order chi connectivity index (χ0) is 24.8. The van der Waals surface area contributed by atoms with Crippen molar-refractivity contribution in [3.8, 4) is 5.69 Å². The number of nitrogens with zero attached hydrogens (tertiary/aromatic N) is 2. The summed E-state index contributed by atoms with van der Waals surface area (Å²) >= 11 is 0. The zero-order valence-electron chi connectivity index (χ0n) is 19.0. The summed E-state index contributed by atoms with van der Waals surface area (Å²) in [6.07, 6.45) is 0.324. The topological polar surface area (TPSA) is 107 Å². The maximum Gasteiger partial charge on any atom is 0.359 e. The highest BCUT2D eigenvalue weighted by molar-refractivity contribution is 6.02. The molecule has 8 heteroatoms. The zero-order valence-corrected chi connectivity index (χ0v) is 19.0. The molecule has 0 aliphatic carbocycles. The number of Topliss-reactive ketones (excluding diaryl/α,β-unsaturated/α-hetero) is 1. The molecule has 0 radical (unpaired) electrons. The van der Waals surface area contributed by atoms with Gasteiger partial charge in [0.05, 0.1) is 17.1 Å². The Morgan fingerprint density at radius 2 is 1.49 bits per heavy atom. The molecule has 1 aromatic heterocycles. The maximum absolute atomic E-state index is 13.0. The van der Waals surface area contributed by atoms with Gasteiger partial charge in [0.25, 0.3) is 11.5 Å². The molecule has 4 rings (SSSR count). The first-order valence-corrected chi connectivity index (χ1v) is 11.0. The predicted molar refractivity (Wildman–Crippen MR) is 130 cm³/mol. The summed E-state index contributed by atoms with van der Waals surface area (Å²) in [6, 6.07) is 23.8. The molecule has 1 amide bonds. The highest BCUT2D eigenvalue weighted by Crippen LogP contribution is 2.16. The van der Waals surface area contributed by atoms with Crippen molar-refractivity contribution in [3.63, 3.8) is 0 Å². The molecule has 176 valence electrons. The van der Waals surface area contributed by atoms with Crippen LogP contribution in [-0.4, -0.2) is 40.1 Å². The first-order valence-electron chi connectivity index (χ1n) is 11.0. The van der Waals surface area contributed by atoms with E-state index in [9.17, 15) is 19.2 Å². The minimum Gasteiger partial charge on any atom is -0.451 e. The van der Waals surface area contributed by atoms with Crippen molar-refractivity contribution in [1.29, 1.82) is 0 Å². The van der Waals surface area contributed by atoms with E-state index in [1.165, 1.54) is 6.92 Å². The van der Waals surface area contributed by atoms with Gasteiger partial charge in [0, 0.05) is 5.39 Å². The number of benzene rings is 3. The molecule has 0 fully saturated rings. The van der Waals surface area contributed by atoms with Crippen molar-refractivity contribution < 1.29 is 19.1 Å². The summed E-state index contributed by atoms with van der Waals surface area (Å²) in [6.45, 7) is 0.792. The van der Waals surface area contributed by atoms with Crippen molar-refractivity contribution in [2.24, 2.45) is 0 Å². The van der Waals surface area contributed by atoms with Gasteiger partial charge < -0.3 is 10.1 Å². The number of amides is 1. The molecule has 1 N–H and O–H groups in total. The second-order valence-electron chi connectivity index (χ2n) is 7.94. The molecule has 0 saturated carbocycles. The van der Waals surface area contributed by atoms with Crippen LogP contribution in [0.3, 0.4) is 0 Å². The van der Waals surface area contributed by atoms with Crippen LogP contribution in [-0.2, 0) is 20.7 Å². The lowest BCUT2D eigenvalue weighted by molar-refractivity contribution is -0.128. The molecule has 0 saturated heterocycles. The van der Waals surface area contributed by atoms with Crippen molar-refractivity contribution >= 4 is 28.4 Å². The lowest BCUT2D eigenvalue weighted by Crippen LogP contribution is -2.43. The molecule has 0 bridgehead atoms. The van der Waals surface area contributed by atoms with Crippen LogP contribution in [0.4, 0.5) is 0 Å². The Balaban J connectivity index is 1.52. The van der Waals surface area contributed by atoms with Crippen LogP contribution in [0, 0.1) is 0 Å². The van der Waals surface area contributed by atoms with E-state index in [1.807, 2.05) is 30.3 Å². The molecule has 35 heavy (non-hydrogen) atoms. The van der Waals surface area contributed by atoms with Crippen LogP contribution >= 0.6 is 0 Å². The third kappa shape index (κ3) is 5.50. The molecule has 8 nitrogen and oxygen atoms in total. The largest absolute Gasteiger partial charge is 0.451 e. The van der Waals surface area contributed by atoms with Gasteiger partial charge in [-0.05, 0) is 37.1 Å². The lowest BCUT2D eigenvalue weighted by Gasteiger charge is -2.16. The Bertz CT molecular complexity index is 1430. The third-order valence-corrected chi connectivity index (χ3v) is 5.44. The fourth-order valence-corrected chi connectivity index (χ4v) is 3.67. The van der Waals surface area contributed by atoms with Gasteiger partial charge in [0.1, 0.15) is 0 Å². The Morgan fingerprint density at radius 3 is 2.14 bits per heavy atom. The lowest BCUT2D eigenvalue weighted by atomic mass is 10.0. The summed E-state index contributed by atoms with van der Waals surface area (Å²) < 4.78 is 6.35. The van der Waals surface area contributed by atoms with Gasteiger partial charge in [0.15, 0.2) is 18.1 Å². The summed E-state index contributed by atoms with van der Waals surface area (Å²) in [5, 5.41) is 7.47. The first-order chi connectivity index (χ1) is 16.9. The fourth-order valence-electron chi connectivity index (χ4n) is 3.67. The molecular weight excluding hydrogens is 446 g/mol. The second-order valence-corrected chi connectivity index (χ2v) is 7.94. The Kier molecular flexibility index (Phi) is 7.11. The smallest absolute Gasteiger partial charge is 0.359 e. The minimum atomic E-state index is -0.858. The van der Waals surface area contributed by atoms with Crippen molar-refractivity contribution in [3.05, 3.63) is 107 Å². The molecule has 0 unspecified atom stereocenters. The number of carbonyl (C=O) groups excluding carboxylic acids is 3. The Hall–Kier alpha value is -4.59. The summed E-state index contributed by atoms with van der Waals surface area (Å²) in [4.78, 5) is 50.4. The van der Waals surface area contributed by atoms with Crippen LogP contribution in [0.2, 0.25) is 0 Å². The molecule has 1 atom stereocenters. The normalized spacial score (nSPS) is 11.6. The van der Waals surface area contributed by atoms with E-state index in [-0.39, 0.29) is 17.0 Å². The summed E-state index contributed by atoms with van der Waals surface area (Å²) in [7, 11) is 0. The number of ether oxygens (including phenoxy) is 1. The summed E-state index contributed by atoms with van der Waals surface area (Å²) in [5.41, 5.74) is 0.902. The van der Waals surface area contributed by atoms with Gasteiger partial charge in [-0.2, -0.15) is 9.78 Å². The van der Waals surface area contributed by atoms with Gasteiger partial charge in [-0.3, -0.25) is 14.4 Å². The Labute approximate surface area is 201 Å². The van der Waals surface area contributed by atoms with Crippen molar-refractivity contribution in [2.45, 2.75) is 19.4 Å². The quantitative estimate of drug-likeness (QED) is 0.398. The van der Waals surface area contributed by atoms with E-state index in [0.717, 1.165) is 10.2 Å². The number of rotatable bonds is 8. The molecule has 1 heterocycles. The molecule has 3 aromatic carbocycles. The van der Waals surface area contributed by atoms with Crippen LogP contribution in [0.15, 0.2) is 89.7 Å². The first kappa shape index (κ1) is 23.6. The third-order valence-electron chi connectivity index (χ3n) is 5.44. The number of carbonyl (C=O) groups is 3. The number of para-hydroxylation sites is 1. The number of aromatic nitrogens is 2. The number of nitrogens with one attached hydrogen (secondary N) is 1. The van der Waals surface area contributed by atoms with Crippen LogP contribution in [0.25, 0.3) is 16.5 Å². The van der Waals surface area contributed by atoms with Gasteiger partial charge in [0.2, 0.25) is 0 Å². The second kappa shape index (κ2) is 10.6. The van der Waals surface area contributed by atoms with E-state index in [4.69, 9.17) is 4.74 Å². The maximum atomic E-state index is 13.0. The van der Waals surface area contributed by atoms with E-state index in [0.29, 0.717) is 22.9 Å². The van der Waals surface area contributed by atoms with E-state index >= 15 is 0 Å².